The Labute approximate surface area is 104 Å². The van der Waals surface area contributed by atoms with E-state index < -0.39 is 5.97 Å². The number of alkyl halides is 1. The van der Waals surface area contributed by atoms with Crippen molar-refractivity contribution in [3.05, 3.63) is 33.8 Å². The summed E-state index contributed by atoms with van der Waals surface area (Å²) in [6.07, 6.45) is 0. The zero-order valence-corrected chi connectivity index (χ0v) is 11.0. The Bertz CT molecular complexity index is 413. The van der Waals surface area contributed by atoms with Gasteiger partial charge in [0, 0.05) is 10.0 Å². The third-order valence-corrected chi connectivity index (χ3v) is 2.91. The largest absolute Gasteiger partial charge is 0.478 e. The molecule has 5 heteroatoms. The third kappa shape index (κ3) is 2.89. The van der Waals surface area contributed by atoms with Crippen LogP contribution in [0.2, 0.25) is 0 Å². The van der Waals surface area contributed by atoms with Gasteiger partial charge in [0.2, 0.25) is 0 Å². The van der Waals surface area contributed by atoms with Gasteiger partial charge in [-0.15, -0.1) is 0 Å². The molecule has 1 rings (SSSR count). The van der Waals surface area contributed by atoms with E-state index in [0.29, 0.717) is 10.0 Å². The maximum Gasteiger partial charge on any atom is 0.335 e. The van der Waals surface area contributed by atoms with Crippen molar-refractivity contribution in [1.82, 2.24) is 0 Å². The lowest BCUT2D eigenvalue weighted by molar-refractivity contribution is 0.0696. The van der Waals surface area contributed by atoms with Gasteiger partial charge in [-0.1, -0.05) is 31.9 Å². The Morgan fingerprint density at radius 3 is 2.40 bits per heavy atom. The molecule has 0 aliphatic heterocycles. The highest BCUT2D eigenvalue weighted by molar-refractivity contribution is 9.10. The molecule has 1 unspecified atom stereocenters. The lowest BCUT2D eigenvalue weighted by atomic mass is 10.1. The average molecular weight is 336 g/mol. The van der Waals surface area contributed by atoms with E-state index in [1.807, 2.05) is 0 Å². The van der Waals surface area contributed by atoms with Crippen LogP contribution in [0.3, 0.4) is 0 Å². The molecule has 0 aromatic heterocycles. The molecule has 1 N–H and O–H groups in total. The Kier molecular flexibility index (Phi) is 4.04. The molecular weight excluding hydrogens is 328 g/mol. The van der Waals surface area contributed by atoms with E-state index in [4.69, 9.17) is 5.11 Å². The molecule has 0 fully saturated rings. The number of Topliss-reactive ketones (excluding diaryl/α,β-unsaturated/α-hetero) is 1. The fourth-order valence-corrected chi connectivity index (χ4v) is 1.88. The van der Waals surface area contributed by atoms with Crippen molar-refractivity contribution in [3.8, 4) is 0 Å². The van der Waals surface area contributed by atoms with Crippen molar-refractivity contribution >= 4 is 43.6 Å². The minimum atomic E-state index is -1.01. The number of aromatic carboxylic acids is 1. The molecule has 1 atom stereocenters. The predicted molar refractivity (Wildman–Crippen MR) is 63.8 cm³/mol. The van der Waals surface area contributed by atoms with Crippen LogP contribution in [0.15, 0.2) is 22.7 Å². The van der Waals surface area contributed by atoms with Gasteiger partial charge in [0.05, 0.1) is 10.4 Å². The van der Waals surface area contributed by atoms with Crippen LogP contribution >= 0.6 is 31.9 Å². The molecule has 0 aliphatic carbocycles. The van der Waals surface area contributed by atoms with Crippen molar-refractivity contribution in [2.24, 2.45) is 0 Å². The molecule has 3 nitrogen and oxygen atoms in total. The number of halogens is 2. The van der Waals surface area contributed by atoms with E-state index in [-0.39, 0.29) is 16.2 Å². The smallest absolute Gasteiger partial charge is 0.335 e. The molecule has 1 aromatic carbocycles. The molecule has 15 heavy (non-hydrogen) atoms. The zero-order chi connectivity index (χ0) is 11.6. The summed E-state index contributed by atoms with van der Waals surface area (Å²) in [6, 6.07) is 4.34. The summed E-state index contributed by atoms with van der Waals surface area (Å²) in [6.45, 7) is 1.72. The maximum absolute atomic E-state index is 11.6. The first-order valence-corrected chi connectivity index (χ1v) is 5.85. The van der Waals surface area contributed by atoms with E-state index >= 15 is 0 Å². The lowest BCUT2D eigenvalue weighted by Crippen LogP contribution is -2.11. The van der Waals surface area contributed by atoms with Crippen LogP contribution in [0.5, 0.6) is 0 Å². The first kappa shape index (κ1) is 12.4. The van der Waals surface area contributed by atoms with E-state index in [9.17, 15) is 9.59 Å². The molecule has 0 saturated heterocycles. The summed E-state index contributed by atoms with van der Waals surface area (Å²) >= 11 is 6.35. The topological polar surface area (TPSA) is 54.4 Å². The highest BCUT2D eigenvalue weighted by Gasteiger charge is 2.16. The monoisotopic (exact) mass is 334 g/mol. The Hall–Kier alpha value is -0.680. The molecule has 0 aliphatic rings. The number of carboxylic acids is 1. The normalized spacial score (nSPS) is 12.2. The first-order valence-electron chi connectivity index (χ1n) is 4.14. The summed E-state index contributed by atoms with van der Waals surface area (Å²) in [5, 5.41) is 8.73. The SMILES string of the molecule is CC(Br)C(=O)c1ccc(C(=O)O)cc1Br. The van der Waals surface area contributed by atoms with Crippen LogP contribution in [-0.4, -0.2) is 21.7 Å². The second-order valence-corrected chi connectivity index (χ2v) is 5.21. The third-order valence-electron chi connectivity index (χ3n) is 1.84. The van der Waals surface area contributed by atoms with Crippen LogP contribution in [0.1, 0.15) is 27.6 Å². The number of hydrogen-bond donors (Lipinski definition) is 1. The van der Waals surface area contributed by atoms with Gasteiger partial charge in [-0.05, 0) is 25.1 Å². The Morgan fingerprint density at radius 2 is 2.00 bits per heavy atom. The predicted octanol–water partition coefficient (Wildman–Crippen LogP) is 3.11. The highest BCUT2D eigenvalue weighted by atomic mass is 79.9. The van der Waals surface area contributed by atoms with Gasteiger partial charge < -0.3 is 5.11 Å². The van der Waals surface area contributed by atoms with E-state index in [1.165, 1.54) is 18.2 Å². The molecule has 80 valence electrons. The average Bonchev–Trinajstić information content (AvgIpc) is 2.16. The minimum Gasteiger partial charge on any atom is -0.478 e. The van der Waals surface area contributed by atoms with Crippen LogP contribution < -0.4 is 0 Å². The fraction of sp³-hybridized carbons (Fsp3) is 0.200. The lowest BCUT2D eigenvalue weighted by Gasteiger charge is -2.06. The molecule has 1 aromatic rings. The molecular formula is C10H8Br2O3. The van der Waals surface area contributed by atoms with Gasteiger partial charge in [0.25, 0.3) is 0 Å². The quantitative estimate of drug-likeness (QED) is 0.682. The summed E-state index contributed by atoms with van der Waals surface area (Å²) in [4.78, 5) is 22.0. The first-order chi connectivity index (χ1) is 6.93. The number of benzene rings is 1. The van der Waals surface area contributed by atoms with Crippen LogP contribution in [0.25, 0.3) is 0 Å². The van der Waals surface area contributed by atoms with Crippen molar-refractivity contribution in [1.29, 1.82) is 0 Å². The van der Waals surface area contributed by atoms with Gasteiger partial charge >= 0.3 is 5.97 Å². The Morgan fingerprint density at radius 1 is 1.40 bits per heavy atom. The maximum atomic E-state index is 11.6. The number of rotatable bonds is 3. The number of hydrogen-bond acceptors (Lipinski definition) is 2. The summed E-state index contributed by atoms with van der Waals surface area (Å²) in [5.41, 5.74) is 0.630. The van der Waals surface area contributed by atoms with E-state index in [2.05, 4.69) is 31.9 Å². The standard InChI is InChI=1S/C10H8Br2O3/c1-5(11)9(13)7-3-2-6(10(14)15)4-8(7)12/h2-5H,1H3,(H,14,15). The van der Waals surface area contributed by atoms with E-state index in [1.54, 1.807) is 6.92 Å². The van der Waals surface area contributed by atoms with Crippen molar-refractivity contribution in [2.75, 3.05) is 0 Å². The zero-order valence-electron chi connectivity index (χ0n) is 7.83. The number of ketones is 1. The van der Waals surface area contributed by atoms with Gasteiger partial charge in [-0.25, -0.2) is 4.79 Å². The second kappa shape index (κ2) is 4.90. The molecule has 0 radical (unpaired) electrons. The van der Waals surface area contributed by atoms with Crippen LogP contribution in [0.4, 0.5) is 0 Å². The number of carboxylic acid groups (broad SMARTS) is 1. The summed E-state index contributed by atoms with van der Waals surface area (Å²) in [5.74, 6) is -1.10. The molecule has 0 heterocycles. The van der Waals surface area contributed by atoms with Crippen LogP contribution in [-0.2, 0) is 0 Å². The van der Waals surface area contributed by atoms with Gasteiger partial charge in [0.15, 0.2) is 5.78 Å². The van der Waals surface area contributed by atoms with Gasteiger partial charge in [-0.2, -0.15) is 0 Å². The minimum absolute atomic E-state index is 0.0844. The molecule has 0 spiro atoms. The highest BCUT2D eigenvalue weighted by Crippen LogP contribution is 2.21. The van der Waals surface area contributed by atoms with Gasteiger partial charge in [-0.3, -0.25) is 4.79 Å². The Balaban J connectivity index is 3.14. The van der Waals surface area contributed by atoms with Crippen molar-refractivity contribution in [3.63, 3.8) is 0 Å². The van der Waals surface area contributed by atoms with Crippen LogP contribution in [0, 0.1) is 0 Å². The van der Waals surface area contributed by atoms with Crippen molar-refractivity contribution < 1.29 is 14.7 Å². The number of carbonyl (C=O) groups excluding carboxylic acids is 1. The molecule has 0 saturated carbocycles. The number of carbonyl (C=O) groups is 2. The fourth-order valence-electron chi connectivity index (χ4n) is 1.06. The van der Waals surface area contributed by atoms with Gasteiger partial charge in [0.1, 0.15) is 0 Å². The second-order valence-electron chi connectivity index (χ2n) is 2.98. The molecule has 0 amide bonds. The summed E-state index contributed by atoms with van der Waals surface area (Å²) < 4.78 is 0.499. The van der Waals surface area contributed by atoms with Crippen molar-refractivity contribution in [2.45, 2.75) is 11.8 Å². The summed E-state index contributed by atoms with van der Waals surface area (Å²) in [7, 11) is 0. The van der Waals surface area contributed by atoms with E-state index in [0.717, 1.165) is 0 Å². The molecule has 0 bridgehead atoms.